The van der Waals surface area contributed by atoms with E-state index in [4.69, 9.17) is 15.2 Å². The predicted molar refractivity (Wildman–Crippen MR) is 69.2 cm³/mol. The molecule has 0 aliphatic carbocycles. The van der Waals surface area contributed by atoms with Crippen LogP contribution in [0.2, 0.25) is 0 Å². The minimum atomic E-state index is 0.188. The lowest BCUT2D eigenvalue weighted by molar-refractivity contribution is 0.308. The van der Waals surface area contributed by atoms with Gasteiger partial charge in [-0.15, -0.1) is 0 Å². The summed E-state index contributed by atoms with van der Waals surface area (Å²) in [5.41, 5.74) is 5.59. The third-order valence-corrected chi connectivity index (χ3v) is 2.06. The normalized spacial score (nSPS) is 10.2. The second-order valence-corrected chi connectivity index (χ2v) is 3.77. The Morgan fingerprint density at radius 3 is 2.71 bits per heavy atom. The molecule has 0 saturated heterocycles. The minimum Gasteiger partial charge on any atom is -0.497 e. The smallest absolute Gasteiger partial charge is 0.263 e. The highest BCUT2D eigenvalue weighted by molar-refractivity contribution is 9.10. The van der Waals surface area contributed by atoms with Gasteiger partial charge in [-0.2, -0.15) is 0 Å². The predicted octanol–water partition coefficient (Wildman–Crippen LogP) is 2.43. The molecule has 1 aromatic rings. The first-order chi connectivity index (χ1) is 8.02. The van der Waals surface area contributed by atoms with Crippen molar-refractivity contribution in [1.29, 1.82) is 0 Å². The molecule has 0 fully saturated rings. The van der Waals surface area contributed by atoms with Gasteiger partial charge in [-0.05, 0) is 28.1 Å². The summed E-state index contributed by atoms with van der Waals surface area (Å²) in [5.74, 6) is 1.22. The van der Waals surface area contributed by atoms with Gasteiger partial charge < -0.3 is 15.2 Å². The van der Waals surface area contributed by atoms with E-state index in [-0.39, 0.29) is 11.7 Å². The average molecular weight is 298 g/mol. The first-order valence-electron chi connectivity index (χ1n) is 4.58. The molecular formula is C11H12BrN3O2. The molecule has 1 aromatic heterocycles. The monoisotopic (exact) mass is 297 g/mol. The Labute approximate surface area is 108 Å². The molecule has 1 heterocycles. The fourth-order valence-electron chi connectivity index (χ4n) is 0.848. The van der Waals surface area contributed by atoms with Gasteiger partial charge in [0.15, 0.2) is 5.82 Å². The van der Waals surface area contributed by atoms with E-state index in [1.54, 1.807) is 12.2 Å². The lowest BCUT2D eigenvalue weighted by atomic mass is 10.4. The zero-order valence-electron chi connectivity index (χ0n) is 9.31. The van der Waals surface area contributed by atoms with Crippen LogP contribution in [0.1, 0.15) is 0 Å². The van der Waals surface area contributed by atoms with E-state index >= 15 is 0 Å². The summed E-state index contributed by atoms with van der Waals surface area (Å²) in [6, 6.07) is 0. The Bertz CT molecular complexity index is 472. The van der Waals surface area contributed by atoms with Crippen molar-refractivity contribution < 1.29 is 9.47 Å². The molecule has 2 N–H and O–H groups in total. The van der Waals surface area contributed by atoms with Crippen molar-refractivity contribution in [3.63, 3.8) is 0 Å². The standard InChI is InChI=1S/C11H12BrN3O2/c1-7(16-3)4-5-8(2)17-11-10(13)14-6-9(12)15-11/h4-6H,1-2H2,3H3,(H2,13,14)/b5-4-. The fourth-order valence-corrected chi connectivity index (χ4v) is 1.11. The third-order valence-electron chi connectivity index (χ3n) is 1.68. The number of nitrogens with zero attached hydrogens (tertiary/aromatic N) is 2. The maximum atomic E-state index is 5.59. The van der Waals surface area contributed by atoms with Crippen LogP contribution in [0.15, 0.2) is 47.6 Å². The number of allylic oxidation sites excluding steroid dienone is 2. The quantitative estimate of drug-likeness (QED) is 0.668. The number of rotatable bonds is 5. The topological polar surface area (TPSA) is 70.3 Å². The zero-order valence-corrected chi connectivity index (χ0v) is 10.9. The summed E-state index contributed by atoms with van der Waals surface area (Å²) < 4.78 is 10.7. The maximum Gasteiger partial charge on any atom is 0.263 e. The van der Waals surface area contributed by atoms with Gasteiger partial charge in [0.2, 0.25) is 0 Å². The van der Waals surface area contributed by atoms with E-state index < -0.39 is 0 Å². The number of hydrogen-bond acceptors (Lipinski definition) is 5. The van der Waals surface area contributed by atoms with Crippen molar-refractivity contribution in [2.75, 3.05) is 12.8 Å². The summed E-state index contributed by atoms with van der Waals surface area (Å²) in [4.78, 5) is 7.90. The number of anilines is 1. The highest BCUT2D eigenvalue weighted by Crippen LogP contribution is 2.20. The highest BCUT2D eigenvalue weighted by Gasteiger charge is 2.05. The Hall–Kier alpha value is -1.82. The van der Waals surface area contributed by atoms with Gasteiger partial charge in [0.25, 0.3) is 5.88 Å². The van der Waals surface area contributed by atoms with E-state index in [2.05, 4.69) is 39.1 Å². The van der Waals surface area contributed by atoms with Crippen molar-refractivity contribution in [2.24, 2.45) is 0 Å². The van der Waals surface area contributed by atoms with E-state index in [0.29, 0.717) is 16.1 Å². The Morgan fingerprint density at radius 2 is 2.06 bits per heavy atom. The van der Waals surface area contributed by atoms with Crippen LogP contribution in [-0.2, 0) is 4.74 Å². The number of nitrogen functional groups attached to an aromatic ring is 1. The van der Waals surface area contributed by atoms with Gasteiger partial charge in [-0.25, -0.2) is 9.97 Å². The first-order valence-corrected chi connectivity index (χ1v) is 5.38. The van der Waals surface area contributed by atoms with Gasteiger partial charge >= 0.3 is 0 Å². The van der Waals surface area contributed by atoms with Crippen LogP contribution in [0.25, 0.3) is 0 Å². The summed E-state index contributed by atoms with van der Waals surface area (Å²) >= 11 is 3.17. The minimum absolute atomic E-state index is 0.188. The molecule has 0 amide bonds. The van der Waals surface area contributed by atoms with Crippen molar-refractivity contribution in [2.45, 2.75) is 0 Å². The molecule has 0 saturated carbocycles. The number of methoxy groups -OCH3 is 1. The second-order valence-electron chi connectivity index (χ2n) is 2.96. The molecule has 0 spiro atoms. The summed E-state index contributed by atoms with van der Waals surface area (Å²) in [6.45, 7) is 7.30. The molecule has 90 valence electrons. The Kier molecular flexibility index (Phi) is 4.71. The fraction of sp³-hybridized carbons (Fsp3) is 0.0909. The summed E-state index contributed by atoms with van der Waals surface area (Å²) in [6.07, 6.45) is 4.69. The zero-order chi connectivity index (χ0) is 12.8. The molecule has 0 bridgehead atoms. The van der Waals surface area contributed by atoms with Gasteiger partial charge in [0, 0.05) is 0 Å². The van der Waals surface area contributed by atoms with Crippen LogP contribution >= 0.6 is 15.9 Å². The van der Waals surface area contributed by atoms with E-state index in [0.717, 1.165) is 0 Å². The van der Waals surface area contributed by atoms with Crippen molar-refractivity contribution in [1.82, 2.24) is 9.97 Å². The molecule has 17 heavy (non-hydrogen) atoms. The first kappa shape index (κ1) is 13.2. The Morgan fingerprint density at radius 1 is 1.41 bits per heavy atom. The SMILES string of the molecule is C=C(/C=C\C(=C)Oc1nc(Br)cnc1N)OC. The van der Waals surface area contributed by atoms with Crippen LogP contribution < -0.4 is 10.5 Å². The van der Waals surface area contributed by atoms with Crippen molar-refractivity contribution >= 4 is 21.7 Å². The van der Waals surface area contributed by atoms with E-state index in [9.17, 15) is 0 Å². The lowest BCUT2D eigenvalue weighted by Gasteiger charge is -2.06. The number of aromatic nitrogens is 2. The molecule has 0 aromatic carbocycles. The van der Waals surface area contributed by atoms with Gasteiger partial charge in [-0.1, -0.05) is 13.2 Å². The van der Waals surface area contributed by atoms with Gasteiger partial charge in [0.1, 0.15) is 16.1 Å². The number of hydrogen-bond donors (Lipinski definition) is 1. The Balaban J connectivity index is 2.71. The molecule has 6 heteroatoms. The lowest BCUT2D eigenvalue weighted by Crippen LogP contribution is -2.00. The average Bonchev–Trinajstić information content (AvgIpc) is 2.30. The molecule has 0 atom stereocenters. The highest BCUT2D eigenvalue weighted by atomic mass is 79.9. The molecular weight excluding hydrogens is 286 g/mol. The molecule has 0 unspecified atom stereocenters. The van der Waals surface area contributed by atoms with Crippen LogP contribution in [-0.4, -0.2) is 17.1 Å². The second kappa shape index (κ2) is 6.05. The molecule has 0 aliphatic heterocycles. The van der Waals surface area contributed by atoms with Crippen LogP contribution in [0.5, 0.6) is 5.88 Å². The van der Waals surface area contributed by atoms with Crippen LogP contribution in [0.4, 0.5) is 5.82 Å². The van der Waals surface area contributed by atoms with Crippen molar-refractivity contribution in [3.8, 4) is 5.88 Å². The van der Waals surface area contributed by atoms with Crippen LogP contribution in [0, 0.1) is 0 Å². The molecule has 0 aliphatic rings. The summed E-state index contributed by atoms with van der Waals surface area (Å²) in [5, 5.41) is 0. The molecule has 0 radical (unpaired) electrons. The largest absolute Gasteiger partial charge is 0.497 e. The summed E-state index contributed by atoms with van der Waals surface area (Å²) in [7, 11) is 1.52. The van der Waals surface area contributed by atoms with Gasteiger partial charge in [-0.3, -0.25) is 0 Å². The van der Waals surface area contributed by atoms with E-state index in [1.165, 1.54) is 13.3 Å². The maximum absolute atomic E-state index is 5.59. The molecule has 5 nitrogen and oxygen atoms in total. The number of nitrogens with two attached hydrogens (primary N) is 1. The van der Waals surface area contributed by atoms with E-state index in [1.807, 2.05) is 0 Å². The van der Waals surface area contributed by atoms with Crippen LogP contribution in [0.3, 0.4) is 0 Å². The third kappa shape index (κ3) is 4.28. The number of ether oxygens (including phenoxy) is 2. The molecule has 1 rings (SSSR count). The van der Waals surface area contributed by atoms with Crippen molar-refractivity contribution in [3.05, 3.63) is 47.6 Å². The number of halogens is 1. The van der Waals surface area contributed by atoms with Gasteiger partial charge in [0.05, 0.1) is 13.3 Å².